The molecule has 152 valence electrons. The van der Waals surface area contributed by atoms with Crippen LogP contribution in [0, 0.1) is 12.3 Å². The number of fused-ring (bicyclic) bond motifs is 1. The molecule has 1 unspecified atom stereocenters. The van der Waals surface area contributed by atoms with E-state index in [1.165, 1.54) is 5.56 Å². The predicted octanol–water partition coefficient (Wildman–Crippen LogP) is 5.57. The van der Waals surface area contributed by atoms with E-state index in [1.54, 1.807) is 0 Å². The normalized spacial score (nSPS) is 19.9. The number of ketones is 1. The van der Waals surface area contributed by atoms with Crippen LogP contribution >= 0.6 is 11.6 Å². The van der Waals surface area contributed by atoms with Gasteiger partial charge in [-0.05, 0) is 48.6 Å². The maximum Gasteiger partial charge on any atom is 0.226 e. The van der Waals surface area contributed by atoms with Crippen LogP contribution in [0.2, 0.25) is 5.02 Å². The molecule has 1 aliphatic heterocycles. The summed E-state index contributed by atoms with van der Waals surface area (Å²) in [7, 11) is 0. The van der Waals surface area contributed by atoms with Crippen LogP contribution in [0.5, 0.6) is 0 Å². The number of hydrogen-bond acceptors (Lipinski definition) is 4. The van der Waals surface area contributed by atoms with Gasteiger partial charge in [0.25, 0.3) is 0 Å². The summed E-state index contributed by atoms with van der Waals surface area (Å²) >= 11 is 6.04. The van der Waals surface area contributed by atoms with Crippen molar-refractivity contribution in [1.82, 2.24) is 14.8 Å². The van der Waals surface area contributed by atoms with E-state index in [-0.39, 0.29) is 17.2 Å². The summed E-state index contributed by atoms with van der Waals surface area (Å²) < 4.78 is 1.85. The summed E-state index contributed by atoms with van der Waals surface area (Å²) in [6, 6.07) is 15.5. The Balaban J connectivity index is 1.67. The number of nitrogens with one attached hydrogen (secondary N) is 1. The van der Waals surface area contributed by atoms with Gasteiger partial charge in [-0.15, -0.1) is 5.10 Å². The third kappa shape index (κ3) is 3.23. The number of carbonyl (C=O) groups excluding carboxylic acids is 1. The molecule has 0 saturated carbocycles. The van der Waals surface area contributed by atoms with Gasteiger partial charge in [0.1, 0.15) is 6.04 Å². The molecule has 1 aromatic heterocycles. The van der Waals surface area contributed by atoms with E-state index in [1.807, 2.05) is 28.9 Å². The first-order valence-electron chi connectivity index (χ1n) is 10.1. The average Bonchev–Trinajstić information content (AvgIpc) is 3.10. The van der Waals surface area contributed by atoms with Crippen molar-refractivity contribution in [2.24, 2.45) is 5.41 Å². The number of halogens is 1. The Morgan fingerprint density at radius 1 is 1.07 bits per heavy atom. The van der Waals surface area contributed by atoms with Crippen LogP contribution in [-0.2, 0) is 4.79 Å². The Morgan fingerprint density at radius 2 is 1.77 bits per heavy atom. The lowest BCUT2D eigenvalue weighted by atomic mass is 9.73. The Hall–Kier alpha value is -2.92. The topological polar surface area (TPSA) is 59.8 Å². The quantitative estimate of drug-likeness (QED) is 0.591. The molecule has 0 bridgehead atoms. The van der Waals surface area contributed by atoms with Gasteiger partial charge in [-0.25, -0.2) is 4.68 Å². The molecule has 0 fully saturated rings. The first-order valence-corrected chi connectivity index (χ1v) is 10.5. The number of aryl methyl sites for hydroxylation is 1. The summed E-state index contributed by atoms with van der Waals surface area (Å²) in [5.41, 5.74) is 4.79. The minimum Gasteiger partial charge on any atom is -0.328 e. The standard InChI is InChI=1S/C24H23ClN4O/c1-14-4-6-15(7-5-14)21-20-18(12-24(2,3)13-19(20)30)26-23-27-22(28-29(21)23)16-8-10-17(25)11-9-16/h4-11,21H,12-13H2,1-3H3,(H,26,27,28). The van der Waals surface area contributed by atoms with Gasteiger partial charge in [-0.1, -0.05) is 55.3 Å². The van der Waals surface area contributed by atoms with Gasteiger partial charge in [0, 0.05) is 28.3 Å². The Morgan fingerprint density at radius 3 is 2.47 bits per heavy atom. The van der Waals surface area contributed by atoms with E-state index in [0.29, 0.717) is 23.2 Å². The second kappa shape index (κ2) is 6.81. The van der Waals surface area contributed by atoms with E-state index in [2.05, 4.69) is 50.4 Å². The summed E-state index contributed by atoms with van der Waals surface area (Å²) in [6.45, 7) is 6.33. The van der Waals surface area contributed by atoms with Crippen molar-refractivity contribution < 1.29 is 4.79 Å². The van der Waals surface area contributed by atoms with Gasteiger partial charge in [-0.3, -0.25) is 4.79 Å². The summed E-state index contributed by atoms with van der Waals surface area (Å²) in [5.74, 6) is 1.45. The van der Waals surface area contributed by atoms with Crippen molar-refractivity contribution in [2.75, 3.05) is 5.32 Å². The van der Waals surface area contributed by atoms with Crippen LogP contribution < -0.4 is 5.32 Å². The molecule has 1 aliphatic carbocycles. The zero-order valence-corrected chi connectivity index (χ0v) is 18.0. The molecule has 1 N–H and O–H groups in total. The molecule has 0 spiro atoms. The van der Waals surface area contributed by atoms with Gasteiger partial charge in [0.15, 0.2) is 11.6 Å². The molecule has 0 radical (unpaired) electrons. The van der Waals surface area contributed by atoms with Crippen LogP contribution in [0.3, 0.4) is 0 Å². The predicted molar refractivity (Wildman–Crippen MR) is 118 cm³/mol. The van der Waals surface area contributed by atoms with Gasteiger partial charge in [0.2, 0.25) is 5.95 Å². The smallest absolute Gasteiger partial charge is 0.226 e. The van der Waals surface area contributed by atoms with Gasteiger partial charge in [0.05, 0.1) is 0 Å². The molecule has 2 aliphatic rings. The molecule has 0 saturated heterocycles. The third-order valence-corrected chi connectivity index (χ3v) is 6.08. The largest absolute Gasteiger partial charge is 0.328 e. The van der Waals surface area contributed by atoms with Crippen molar-refractivity contribution in [3.8, 4) is 11.4 Å². The van der Waals surface area contributed by atoms with E-state index in [9.17, 15) is 4.79 Å². The van der Waals surface area contributed by atoms with Gasteiger partial charge < -0.3 is 5.32 Å². The van der Waals surface area contributed by atoms with Crippen molar-refractivity contribution in [1.29, 1.82) is 0 Å². The summed E-state index contributed by atoms with van der Waals surface area (Å²) in [4.78, 5) is 18.0. The first kappa shape index (κ1) is 19.1. The number of aromatic nitrogens is 3. The molecule has 1 atom stereocenters. The fourth-order valence-electron chi connectivity index (χ4n) is 4.39. The van der Waals surface area contributed by atoms with Crippen LogP contribution in [-0.4, -0.2) is 20.5 Å². The first-order chi connectivity index (χ1) is 14.3. The minimum absolute atomic E-state index is 0.0814. The zero-order valence-electron chi connectivity index (χ0n) is 17.2. The lowest BCUT2D eigenvalue weighted by molar-refractivity contribution is -0.118. The SMILES string of the molecule is Cc1ccc(C2C3=C(CC(C)(C)CC3=O)Nc3nc(-c4ccc(Cl)cc4)nn32)cc1. The molecule has 5 rings (SSSR count). The van der Waals surface area contributed by atoms with Gasteiger partial charge in [-0.2, -0.15) is 4.98 Å². The van der Waals surface area contributed by atoms with E-state index < -0.39 is 0 Å². The molecular formula is C24H23ClN4O. The van der Waals surface area contributed by atoms with Crippen molar-refractivity contribution in [2.45, 2.75) is 39.7 Å². The van der Waals surface area contributed by atoms with E-state index in [4.69, 9.17) is 21.7 Å². The zero-order chi connectivity index (χ0) is 21.0. The number of benzene rings is 2. The number of allylic oxidation sites excluding steroid dienone is 2. The fraction of sp³-hybridized carbons (Fsp3) is 0.292. The third-order valence-electron chi connectivity index (χ3n) is 5.83. The second-order valence-electron chi connectivity index (χ2n) is 8.98. The van der Waals surface area contributed by atoms with Crippen LogP contribution in [0.15, 0.2) is 59.8 Å². The average molecular weight is 419 g/mol. The van der Waals surface area contributed by atoms with Crippen molar-refractivity contribution in [3.63, 3.8) is 0 Å². The number of anilines is 1. The summed E-state index contributed by atoms with van der Waals surface area (Å²) in [6.07, 6.45) is 1.34. The summed E-state index contributed by atoms with van der Waals surface area (Å²) in [5, 5.41) is 8.90. The van der Waals surface area contributed by atoms with Crippen LogP contribution in [0.25, 0.3) is 11.4 Å². The molecule has 0 amide bonds. The highest BCUT2D eigenvalue weighted by atomic mass is 35.5. The molecule has 5 nitrogen and oxygen atoms in total. The maximum atomic E-state index is 13.2. The molecule has 3 aromatic rings. The highest BCUT2D eigenvalue weighted by Gasteiger charge is 2.41. The minimum atomic E-state index is -0.283. The van der Waals surface area contributed by atoms with Crippen molar-refractivity contribution >= 4 is 23.3 Å². The van der Waals surface area contributed by atoms with Crippen LogP contribution in [0.1, 0.15) is 43.9 Å². The fourth-order valence-corrected chi connectivity index (χ4v) is 4.51. The Bertz CT molecular complexity index is 1170. The van der Waals surface area contributed by atoms with Crippen LogP contribution in [0.4, 0.5) is 5.95 Å². The lowest BCUT2D eigenvalue weighted by Crippen LogP contribution is -2.36. The number of nitrogens with zero attached hydrogens (tertiary/aromatic N) is 3. The highest BCUT2D eigenvalue weighted by Crippen LogP contribution is 2.45. The molecule has 2 aromatic carbocycles. The molecule has 30 heavy (non-hydrogen) atoms. The molecule has 6 heteroatoms. The Labute approximate surface area is 180 Å². The number of hydrogen-bond donors (Lipinski definition) is 1. The molecular weight excluding hydrogens is 396 g/mol. The monoisotopic (exact) mass is 418 g/mol. The van der Waals surface area contributed by atoms with E-state index >= 15 is 0 Å². The number of carbonyl (C=O) groups is 1. The number of Topliss-reactive ketones (excluding diaryl/α,β-unsaturated/α-hetero) is 1. The highest BCUT2D eigenvalue weighted by molar-refractivity contribution is 6.30. The number of rotatable bonds is 2. The second-order valence-corrected chi connectivity index (χ2v) is 9.42. The lowest BCUT2D eigenvalue weighted by Gasteiger charge is -2.38. The maximum absolute atomic E-state index is 13.2. The van der Waals surface area contributed by atoms with Gasteiger partial charge >= 0.3 is 0 Å². The Kier molecular flexibility index (Phi) is 4.33. The van der Waals surface area contributed by atoms with Crippen molar-refractivity contribution in [3.05, 3.63) is 76.0 Å². The molecule has 2 heterocycles. The van der Waals surface area contributed by atoms with E-state index in [0.717, 1.165) is 28.8 Å².